The van der Waals surface area contributed by atoms with Gasteiger partial charge in [0.05, 0.1) is 6.61 Å². The monoisotopic (exact) mass is 475 g/mol. The number of carbonyl (C=O) groups is 1. The van der Waals surface area contributed by atoms with Crippen LogP contribution in [0.2, 0.25) is 0 Å². The first-order valence-electron chi connectivity index (χ1n) is 12.4. The first-order chi connectivity index (χ1) is 17.0. The molecule has 3 aromatic rings. The van der Waals surface area contributed by atoms with Gasteiger partial charge < -0.3 is 14.5 Å². The van der Waals surface area contributed by atoms with Crippen molar-refractivity contribution in [1.29, 1.82) is 0 Å². The number of hydrogen-bond donors (Lipinski definition) is 0. The van der Waals surface area contributed by atoms with Crippen LogP contribution < -0.4 is 4.74 Å². The highest BCUT2D eigenvalue weighted by Crippen LogP contribution is 2.22. The molecule has 0 saturated carbocycles. The van der Waals surface area contributed by atoms with Crippen molar-refractivity contribution in [3.63, 3.8) is 0 Å². The number of aromatic nitrogens is 1. The molecule has 1 fully saturated rings. The molecule has 0 radical (unpaired) electrons. The lowest BCUT2D eigenvalue weighted by Gasteiger charge is -2.32. The summed E-state index contributed by atoms with van der Waals surface area (Å²) in [4.78, 5) is 21.7. The van der Waals surface area contributed by atoms with Crippen molar-refractivity contribution >= 4 is 5.78 Å². The van der Waals surface area contributed by atoms with Crippen LogP contribution in [0.5, 0.6) is 5.75 Å². The van der Waals surface area contributed by atoms with Gasteiger partial charge in [-0.05, 0) is 61.3 Å². The predicted molar refractivity (Wildman–Crippen MR) is 137 cm³/mol. The molecular weight excluding hydrogens is 441 g/mol. The second kappa shape index (κ2) is 12.6. The fourth-order valence-electron chi connectivity index (χ4n) is 4.26. The second-order valence-corrected chi connectivity index (χ2v) is 9.25. The zero-order chi connectivity index (χ0) is 24.5. The van der Waals surface area contributed by atoms with E-state index in [2.05, 4.69) is 21.8 Å². The van der Waals surface area contributed by atoms with Gasteiger partial charge in [0.25, 0.3) is 0 Å². The summed E-state index contributed by atoms with van der Waals surface area (Å²) >= 11 is 0. The van der Waals surface area contributed by atoms with Crippen LogP contribution >= 0.6 is 0 Å². The molecule has 35 heavy (non-hydrogen) atoms. The maximum absolute atomic E-state index is 13.3. The van der Waals surface area contributed by atoms with Gasteiger partial charge in [-0.3, -0.25) is 9.78 Å². The lowest BCUT2D eigenvalue weighted by Crippen LogP contribution is -2.44. The molecule has 0 aliphatic carbocycles. The lowest BCUT2D eigenvalue weighted by atomic mass is 10.0. The molecule has 4 rings (SSSR count). The van der Waals surface area contributed by atoms with E-state index in [1.54, 1.807) is 12.3 Å². The number of benzene rings is 2. The van der Waals surface area contributed by atoms with Crippen LogP contribution in [0.15, 0.2) is 66.9 Å². The summed E-state index contributed by atoms with van der Waals surface area (Å²) in [7, 11) is 2.18. The van der Waals surface area contributed by atoms with Crippen LogP contribution in [0.4, 0.5) is 4.39 Å². The molecule has 0 atom stereocenters. The number of rotatable bonds is 11. The molecule has 0 unspecified atom stereocenters. The molecule has 2 aromatic carbocycles. The highest BCUT2D eigenvalue weighted by Gasteiger charge is 2.13. The number of Topliss-reactive ketones (excluding diaryl/α,β-unsaturated/α-hetero) is 1. The summed E-state index contributed by atoms with van der Waals surface area (Å²) in [6, 6.07) is 18.4. The van der Waals surface area contributed by atoms with E-state index >= 15 is 0 Å². The average molecular weight is 476 g/mol. The Hall–Kier alpha value is -3.09. The first-order valence-corrected chi connectivity index (χ1v) is 12.4. The van der Waals surface area contributed by atoms with Gasteiger partial charge in [0.1, 0.15) is 17.3 Å². The van der Waals surface area contributed by atoms with E-state index in [4.69, 9.17) is 4.74 Å². The Balaban J connectivity index is 1.19. The largest absolute Gasteiger partial charge is 0.494 e. The number of pyridine rings is 1. The fraction of sp³-hybridized carbons (Fsp3) is 0.379. The molecule has 5 nitrogen and oxygen atoms in total. The van der Waals surface area contributed by atoms with Crippen LogP contribution in [0, 0.1) is 5.82 Å². The van der Waals surface area contributed by atoms with E-state index in [9.17, 15) is 9.18 Å². The maximum Gasteiger partial charge on any atom is 0.139 e. The molecule has 1 aromatic heterocycles. The molecule has 0 N–H and O–H groups in total. The Morgan fingerprint density at radius 1 is 1.00 bits per heavy atom. The quantitative estimate of drug-likeness (QED) is 0.378. The minimum Gasteiger partial charge on any atom is -0.494 e. The van der Waals surface area contributed by atoms with Gasteiger partial charge in [-0.1, -0.05) is 30.3 Å². The zero-order valence-corrected chi connectivity index (χ0v) is 20.5. The number of aryl methyl sites for hydroxylation is 1. The van der Waals surface area contributed by atoms with Gasteiger partial charge in [-0.15, -0.1) is 0 Å². The van der Waals surface area contributed by atoms with Crippen molar-refractivity contribution < 1.29 is 13.9 Å². The van der Waals surface area contributed by atoms with Gasteiger partial charge >= 0.3 is 0 Å². The first kappa shape index (κ1) is 25.0. The number of likely N-dealkylation sites (N-methyl/N-ethyl adjacent to an activating group) is 1. The predicted octanol–water partition coefficient (Wildman–Crippen LogP) is 4.65. The molecule has 0 amide bonds. The number of hydrogen-bond acceptors (Lipinski definition) is 5. The van der Waals surface area contributed by atoms with E-state index in [1.807, 2.05) is 42.5 Å². The Morgan fingerprint density at radius 2 is 1.77 bits per heavy atom. The molecule has 1 saturated heterocycles. The van der Waals surface area contributed by atoms with Crippen molar-refractivity contribution in [3.8, 4) is 16.9 Å². The van der Waals surface area contributed by atoms with Crippen LogP contribution in [0.25, 0.3) is 11.1 Å². The summed E-state index contributed by atoms with van der Waals surface area (Å²) in [5.41, 5.74) is 3.65. The number of ketones is 1. The zero-order valence-electron chi connectivity index (χ0n) is 20.5. The number of ether oxygens (including phenoxy) is 1. The fourth-order valence-corrected chi connectivity index (χ4v) is 4.26. The highest BCUT2D eigenvalue weighted by atomic mass is 19.1. The highest BCUT2D eigenvalue weighted by molar-refractivity contribution is 5.80. The van der Waals surface area contributed by atoms with Gasteiger partial charge in [0, 0.05) is 63.0 Å². The van der Waals surface area contributed by atoms with E-state index in [0.717, 1.165) is 73.9 Å². The Labute approximate surface area is 207 Å². The van der Waals surface area contributed by atoms with Crippen LogP contribution in [0.3, 0.4) is 0 Å². The molecule has 184 valence electrons. The SMILES string of the molecule is CN1CCN(CCCOc2ccc(-c3ccc(CC(=O)CCc4cccc(F)c4)nc3)cc2)CC1. The molecule has 1 aliphatic rings. The maximum atomic E-state index is 13.3. The number of halogens is 1. The molecule has 1 aliphatic heterocycles. The average Bonchev–Trinajstić information content (AvgIpc) is 2.87. The summed E-state index contributed by atoms with van der Waals surface area (Å²) in [5.74, 6) is 0.706. The van der Waals surface area contributed by atoms with Crippen LogP contribution in [0.1, 0.15) is 24.1 Å². The summed E-state index contributed by atoms with van der Waals surface area (Å²) < 4.78 is 19.2. The van der Waals surface area contributed by atoms with Gasteiger partial charge in [-0.2, -0.15) is 0 Å². The minimum atomic E-state index is -0.270. The van der Waals surface area contributed by atoms with Gasteiger partial charge in [0.2, 0.25) is 0 Å². The van der Waals surface area contributed by atoms with Crippen LogP contribution in [-0.4, -0.2) is 66.9 Å². The van der Waals surface area contributed by atoms with Crippen molar-refractivity contribution in [2.75, 3.05) is 46.4 Å². The van der Waals surface area contributed by atoms with Gasteiger partial charge in [-0.25, -0.2) is 4.39 Å². The number of piperazine rings is 1. The summed E-state index contributed by atoms with van der Waals surface area (Å²) in [6.45, 7) is 6.37. The van der Waals surface area contributed by atoms with Crippen molar-refractivity contribution in [2.24, 2.45) is 0 Å². The topological polar surface area (TPSA) is 45.7 Å². The van der Waals surface area contributed by atoms with E-state index in [0.29, 0.717) is 12.8 Å². The molecule has 0 bridgehead atoms. The van der Waals surface area contributed by atoms with E-state index in [-0.39, 0.29) is 18.0 Å². The molecule has 6 heteroatoms. The number of nitrogens with zero attached hydrogens (tertiary/aromatic N) is 3. The van der Waals surface area contributed by atoms with Crippen molar-refractivity contribution in [3.05, 3.63) is 83.9 Å². The molecule has 0 spiro atoms. The third-order valence-electron chi connectivity index (χ3n) is 6.46. The molecular formula is C29H34FN3O2. The Bertz CT molecular complexity index is 1080. The van der Waals surface area contributed by atoms with E-state index < -0.39 is 0 Å². The molecule has 2 heterocycles. The van der Waals surface area contributed by atoms with Crippen LogP contribution in [-0.2, 0) is 17.6 Å². The van der Waals surface area contributed by atoms with Gasteiger partial charge in [0.15, 0.2) is 0 Å². The summed E-state index contributed by atoms with van der Waals surface area (Å²) in [6.07, 6.45) is 4.04. The Kier molecular flexibility index (Phi) is 8.98. The lowest BCUT2D eigenvalue weighted by molar-refractivity contribution is -0.118. The third-order valence-corrected chi connectivity index (χ3v) is 6.46. The normalized spacial score (nSPS) is 14.7. The van der Waals surface area contributed by atoms with E-state index in [1.165, 1.54) is 12.1 Å². The third kappa shape index (κ3) is 7.98. The Morgan fingerprint density at radius 3 is 2.49 bits per heavy atom. The number of carbonyl (C=O) groups excluding carboxylic acids is 1. The second-order valence-electron chi connectivity index (χ2n) is 9.25. The standard InChI is InChI=1S/C29H34FN3O2/c1-32-15-17-33(18-16-32)14-3-19-35-29-12-8-24(9-13-29)25-7-10-27(31-22-25)21-28(34)11-6-23-4-2-5-26(30)20-23/h2,4-5,7-10,12-13,20,22H,3,6,11,14-19,21H2,1H3. The van der Waals surface area contributed by atoms with Crippen molar-refractivity contribution in [2.45, 2.75) is 25.7 Å². The minimum absolute atomic E-state index is 0.101. The van der Waals surface area contributed by atoms with Crippen molar-refractivity contribution in [1.82, 2.24) is 14.8 Å². The smallest absolute Gasteiger partial charge is 0.139 e. The summed E-state index contributed by atoms with van der Waals surface area (Å²) in [5, 5.41) is 0.